The first-order valence-corrected chi connectivity index (χ1v) is 13.4. The molecule has 4 aliphatic rings. The van der Waals surface area contributed by atoms with Crippen LogP contribution in [-0.2, 0) is 9.59 Å². The van der Waals surface area contributed by atoms with E-state index in [4.69, 9.17) is 0 Å². The summed E-state index contributed by atoms with van der Waals surface area (Å²) in [6.07, 6.45) is 12.0. The van der Waals surface area contributed by atoms with Crippen LogP contribution in [0.25, 0.3) is 0 Å². The molecule has 0 radical (unpaired) electrons. The minimum atomic E-state index is -0.601. The molecule has 0 saturated heterocycles. The Hall–Kier alpha value is -1.38. The van der Waals surface area contributed by atoms with Gasteiger partial charge in [-0.25, -0.2) is 0 Å². The summed E-state index contributed by atoms with van der Waals surface area (Å²) in [7, 11) is 0. The Morgan fingerprint density at radius 3 is 2.33 bits per heavy atom. The lowest BCUT2D eigenvalue weighted by atomic mass is 9.43. The Kier molecular flexibility index (Phi) is 6.07. The lowest BCUT2D eigenvalue weighted by Crippen LogP contribution is -2.54. The number of hydrogen-bond donors (Lipinski definition) is 1. The number of aliphatic carboxylic acids is 1. The molecule has 0 spiro atoms. The van der Waals surface area contributed by atoms with Gasteiger partial charge in [0.2, 0.25) is 0 Å². The number of rotatable bonds is 5. The molecule has 0 unspecified atom stereocenters. The van der Waals surface area contributed by atoms with E-state index in [0.29, 0.717) is 18.1 Å². The minimum Gasteiger partial charge on any atom is -0.481 e. The maximum Gasteiger partial charge on any atom is 0.306 e. The molecule has 0 aromatic carbocycles. The number of hydrogen-bond acceptors (Lipinski definition) is 2. The Morgan fingerprint density at radius 1 is 1.00 bits per heavy atom. The van der Waals surface area contributed by atoms with Gasteiger partial charge in [-0.05, 0) is 99.7 Å². The topological polar surface area (TPSA) is 54.4 Å². The number of carbonyl (C=O) groups is 2. The first-order valence-electron chi connectivity index (χ1n) is 13.4. The zero-order valence-electron chi connectivity index (χ0n) is 22.1. The molecule has 4 rings (SSSR count). The number of carbonyl (C=O) groups excluding carboxylic acids is 1. The molecule has 0 aliphatic heterocycles. The van der Waals surface area contributed by atoms with Gasteiger partial charge in [0.25, 0.3) is 0 Å². The lowest BCUT2D eigenvalue weighted by Gasteiger charge is -2.60. The van der Waals surface area contributed by atoms with Crippen LogP contribution in [0.1, 0.15) is 113 Å². The predicted octanol–water partition coefficient (Wildman–Crippen LogP) is 7.75. The van der Waals surface area contributed by atoms with Gasteiger partial charge in [0.15, 0.2) is 0 Å². The van der Waals surface area contributed by atoms with E-state index in [2.05, 4.69) is 54.5 Å². The summed E-state index contributed by atoms with van der Waals surface area (Å²) in [5.74, 6) is 0.270. The van der Waals surface area contributed by atoms with E-state index in [0.717, 1.165) is 57.8 Å². The van der Waals surface area contributed by atoms with Crippen LogP contribution in [0.2, 0.25) is 0 Å². The van der Waals surface area contributed by atoms with E-state index in [-0.39, 0.29) is 33.5 Å². The molecule has 0 bridgehead atoms. The minimum absolute atomic E-state index is 0.0447. The van der Waals surface area contributed by atoms with Crippen LogP contribution in [0.15, 0.2) is 22.8 Å². The Balaban J connectivity index is 1.70. The van der Waals surface area contributed by atoms with Crippen molar-refractivity contribution in [3.63, 3.8) is 0 Å². The highest BCUT2D eigenvalue weighted by atomic mass is 16.4. The van der Waals surface area contributed by atoms with Crippen LogP contribution in [0.4, 0.5) is 0 Å². The van der Waals surface area contributed by atoms with Gasteiger partial charge < -0.3 is 5.11 Å². The second-order valence-corrected chi connectivity index (χ2v) is 13.3. The highest BCUT2D eigenvalue weighted by molar-refractivity contribution is 5.85. The number of fused-ring (bicyclic) bond motifs is 4. The molecule has 1 N–H and O–H groups in total. The predicted molar refractivity (Wildman–Crippen MR) is 134 cm³/mol. The van der Waals surface area contributed by atoms with Gasteiger partial charge in [-0.2, -0.15) is 0 Å². The van der Waals surface area contributed by atoms with Crippen LogP contribution in [0.5, 0.6) is 0 Å². The Morgan fingerprint density at radius 2 is 1.70 bits per heavy atom. The van der Waals surface area contributed by atoms with Gasteiger partial charge in [0.05, 0.1) is 5.92 Å². The highest BCUT2D eigenvalue weighted by Crippen LogP contribution is 2.72. The second kappa shape index (κ2) is 8.09. The van der Waals surface area contributed by atoms with Crippen molar-refractivity contribution >= 4 is 11.8 Å². The van der Waals surface area contributed by atoms with Gasteiger partial charge in [0, 0.05) is 11.8 Å². The summed E-state index contributed by atoms with van der Waals surface area (Å²) in [4.78, 5) is 25.2. The summed E-state index contributed by atoms with van der Waals surface area (Å²) in [6.45, 7) is 15.9. The molecule has 0 aromatic heterocycles. The highest BCUT2D eigenvalue weighted by Gasteiger charge is 2.64. The number of carboxylic acid groups (broad SMARTS) is 1. The third-order valence-corrected chi connectivity index (χ3v) is 11.4. The quantitative estimate of drug-likeness (QED) is 0.432. The molecule has 6 atom stereocenters. The first kappa shape index (κ1) is 24.7. The maximum atomic E-state index is 12.8. The van der Waals surface area contributed by atoms with Gasteiger partial charge in [-0.1, -0.05) is 57.4 Å². The van der Waals surface area contributed by atoms with E-state index < -0.39 is 5.97 Å². The third-order valence-electron chi connectivity index (χ3n) is 11.4. The smallest absolute Gasteiger partial charge is 0.306 e. The average Bonchev–Trinajstić information content (AvgIpc) is 3.00. The van der Waals surface area contributed by atoms with Crippen LogP contribution in [0.3, 0.4) is 0 Å². The van der Waals surface area contributed by atoms with Crippen molar-refractivity contribution < 1.29 is 14.7 Å². The SMILES string of the molecule is CC(C)=CCC[C@@H](C(=O)O)[C@@H]1CC[C@]2(C)C3=C(CC[C@@]12C)[C@@]1(C)CCC(=O)C(C)(C)[C@@H]1CC3. The molecular formula is C30H46O3. The number of carboxylic acids is 1. The molecule has 4 aliphatic carbocycles. The van der Waals surface area contributed by atoms with Gasteiger partial charge >= 0.3 is 5.97 Å². The molecule has 0 heterocycles. The summed E-state index contributed by atoms with van der Waals surface area (Å²) in [5.41, 5.74) is 4.63. The normalized spacial score (nSPS) is 40.5. The zero-order valence-corrected chi connectivity index (χ0v) is 22.1. The number of allylic oxidation sites excluding steroid dienone is 4. The summed E-state index contributed by atoms with van der Waals surface area (Å²) >= 11 is 0. The van der Waals surface area contributed by atoms with E-state index in [1.54, 1.807) is 11.1 Å². The van der Waals surface area contributed by atoms with E-state index in [1.165, 1.54) is 5.57 Å². The fraction of sp³-hybridized carbons (Fsp3) is 0.800. The largest absolute Gasteiger partial charge is 0.481 e. The molecule has 0 amide bonds. The standard InChI is InChI=1S/C30H46O3/c1-19(2)9-8-10-20(26(32)33)21-13-17-30(7)23-11-12-24-27(3,4)25(31)15-16-28(24,5)22(23)14-18-29(21,30)6/h9,20-21,24H,8,10-18H2,1-7H3,(H,32,33)/t20-,21+,24+,28-,29+,30-/m1/s1. The molecule has 184 valence electrons. The third kappa shape index (κ3) is 3.50. The monoisotopic (exact) mass is 454 g/mol. The van der Waals surface area contributed by atoms with Crippen molar-refractivity contribution in [2.75, 3.05) is 0 Å². The van der Waals surface area contributed by atoms with Crippen molar-refractivity contribution in [2.45, 2.75) is 113 Å². The number of ketones is 1. The summed E-state index contributed by atoms with van der Waals surface area (Å²) in [5, 5.41) is 10.2. The van der Waals surface area contributed by atoms with Crippen molar-refractivity contribution in [1.29, 1.82) is 0 Å². The van der Waals surface area contributed by atoms with Crippen molar-refractivity contribution in [3.8, 4) is 0 Å². The molecule has 2 saturated carbocycles. The lowest BCUT2D eigenvalue weighted by molar-refractivity contribution is -0.146. The Bertz CT molecular complexity index is 904. The van der Waals surface area contributed by atoms with Crippen LogP contribution in [-0.4, -0.2) is 16.9 Å². The average molecular weight is 455 g/mol. The van der Waals surface area contributed by atoms with Crippen LogP contribution in [0, 0.1) is 39.4 Å². The Labute approximate surface area is 201 Å². The van der Waals surface area contributed by atoms with Gasteiger partial charge in [0.1, 0.15) is 5.78 Å². The summed E-state index contributed by atoms with van der Waals surface area (Å²) < 4.78 is 0. The van der Waals surface area contributed by atoms with Crippen molar-refractivity contribution in [1.82, 2.24) is 0 Å². The van der Waals surface area contributed by atoms with Gasteiger partial charge in [-0.3, -0.25) is 9.59 Å². The van der Waals surface area contributed by atoms with Crippen molar-refractivity contribution in [3.05, 3.63) is 22.8 Å². The summed E-state index contributed by atoms with van der Waals surface area (Å²) in [6, 6.07) is 0. The molecule has 3 nitrogen and oxygen atoms in total. The number of Topliss-reactive ketones (excluding diaryl/α,β-unsaturated/α-hetero) is 1. The van der Waals surface area contributed by atoms with Crippen molar-refractivity contribution in [2.24, 2.45) is 39.4 Å². The van der Waals surface area contributed by atoms with Crippen LogP contribution >= 0.6 is 0 Å². The van der Waals surface area contributed by atoms with Crippen LogP contribution < -0.4 is 0 Å². The molecule has 33 heavy (non-hydrogen) atoms. The van der Waals surface area contributed by atoms with Gasteiger partial charge in [-0.15, -0.1) is 0 Å². The van der Waals surface area contributed by atoms with E-state index in [9.17, 15) is 14.7 Å². The van der Waals surface area contributed by atoms with E-state index in [1.807, 2.05) is 0 Å². The fourth-order valence-corrected chi connectivity index (χ4v) is 9.22. The zero-order chi connectivity index (χ0) is 24.4. The maximum absolute atomic E-state index is 12.8. The fourth-order valence-electron chi connectivity index (χ4n) is 9.22. The van der Waals surface area contributed by atoms with E-state index >= 15 is 0 Å². The molecule has 0 aromatic rings. The molecular weight excluding hydrogens is 408 g/mol. The molecule has 2 fully saturated rings. The molecule has 3 heteroatoms. The first-order chi connectivity index (χ1) is 15.3. The second-order valence-electron chi connectivity index (χ2n) is 13.3.